The predicted octanol–water partition coefficient (Wildman–Crippen LogP) is 3.36. The van der Waals surface area contributed by atoms with Gasteiger partial charge in [-0.15, -0.1) is 0 Å². The van der Waals surface area contributed by atoms with E-state index in [0.29, 0.717) is 11.3 Å². The minimum atomic E-state index is -1.45. The molecule has 0 heterocycles. The second-order valence-corrected chi connectivity index (χ2v) is 6.97. The first kappa shape index (κ1) is 19.8. The first-order valence-corrected chi connectivity index (χ1v) is 8.65. The molecule has 7 heteroatoms. The van der Waals surface area contributed by atoms with E-state index in [1.54, 1.807) is 31.2 Å². The number of aliphatic hydroxyl groups is 1. The molecule has 1 N–H and O–H groups in total. The van der Waals surface area contributed by atoms with Crippen LogP contribution in [0.2, 0.25) is 0 Å². The van der Waals surface area contributed by atoms with Crippen molar-refractivity contribution in [3.05, 3.63) is 40.4 Å². The summed E-state index contributed by atoms with van der Waals surface area (Å²) in [5.74, 6) is -2.17. The van der Waals surface area contributed by atoms with Gasteiger partial charge in [0.2, 0.25) is 0 Å². The van der Waals surface area contributed by atoms with Gasteiger partial charge < -0.3 is 14.6 Å². The third-order valence-electron chi connectivity index (χ3n) is 4.30. The summed E-state index contributed by atoms with van der Waals surface area (Å²) in [5, 5.41) is 11.1. The van der Waals surface area contributed by atoms with Crippen molar-refractivity contribution in [1.29, 1.82) is 0 Å². The van der Waals surface area contributed by atoms with Crippen LogP contribution < -0.4 is 4.74 Å². The molecule has 2 rings (SSSR count). The van der Waals surface area contributed by atoms with Crippen LogP contribution >= 0.6 is 23.2 Å². The zero-order valence-corrected chi connectivity index (χ0v) is 15.5. The molecule has 1 aliphatic carbocycles. The highest BCUT2D eigenvalue weighted by Gasteiger charge is 2.48. The lowest BCUT2D eigenvalue weighted by Gasteiger charge is -2.39. The Balaban J connectivity index is 2.40. The van der Waals surface area contributed by atoms with Gasteiger partial charge in [0.15, 0.2) is 5.78 Å². The van der Waals surface area contributed by atoms with Gasteiger partial charge in [0.05, 0.1) is 19.3 Å². The number of hydrogen-bond acceptors (Lipinski definition) is 5. The van der Waals surface area contributed by atoms with Crippen LogP contribution in [0.3, 0.4) is 0 Å². The van der Waals surface area contributed by atoms with Crippen LogP contribution in [0.25, 0.3) is 0 Å². The smallest absolute Gasteiger partial charge is 0.317 e. The largest absolute Gasteiger partial charge is 0.497 e. The van der Waals surface area contributed by atoms with Crippen LogP contribution in [0.15, 0.2) is 34.8 Å². The number of methoxy groups -OCH3 is 1. The van der Waals surface area contributed by atoms with Gasteiger partial charge in [0.1, 0.15) is 16.2 Å². The summed E-state index contributed by atoms with van der Waals surface area (Å²) in [6, 6.07) is 6.85. The van der Waals surface area contributed by atoms with Crippen molar-refractivity contribution < 1.29 is 24.2 Å². The summed E-state index contributed by atoms with van der Waals surface area (Å²) in [5.41, 5.74) is -0.912. The molecule has 0 aliphatic heterocycles. The van der Waals surface area contributed by atoms with E-state index < -0.39 is 29.2 Å². The summed E-state index contributed by atoms with van der Waals surface area (Å²) >= 11 is 11.5. The van der Waals surface area contributed by atoms with Crippen molar-refractivity contribution in [2.24, 2.45) is 11.8 Å². The van der Waals surface area contributed by atoms with Crippen LogP contribution in [0.1, 0.15) is 25.3 Å². The molecular weight excluding hydrogens is 367 g/mol. The maximum atomic E-state index is 12.6. The first-order valence-electron chi connectivity index (χ1n) is 7.90. The SMILES string of the molecule is CCOC(=O)C1C(=O)CC(O)(c2cccc(OC)c2)CC1C=C(Cl)Cl. The maximum Gasteiger partial charge on any atom is 0.317 e. The summed E-state index contributed by atoms with van der Waals surface area (Å²) < 4.78 is 10.1. The van der Waals surface area contributed by atoms with Crippen molar-refractivity contribution in [2.45, 2.75) is 25.4 Å². The average Bonchev–Trinajstić information content (AvgIpc) is 2.54. The van der Waals surface area contributed by atoms with Gasteiger partial charge in [0.25, 0.3) is 0 Å². The zero-order chi connectivity index (χ0) is 18.6. The Bertz CT molecular complexity index is 684. The van der Waals surface area contributed by atoms with Crippen LogP contribution in [-0.2, 0) is 19.9 Å². The van der Waals surface area contributed by atoms with Gasteiger partial charge in [-0.25, -0.2) is 0 Å². The topological polar surface area (TPSA) is 72.8 Å². The minimum absolute atomic E-state index is 0.0676. The van der Waals surface area contributed by atoms with E-state index in [1.807, 2.05) is 0 Å². The normalized spacial score (nSPS) is 26.0. The highest BCUT2D eigenvalue weighted by molar-refractivity contribution is 6.55. The molecule has 3 unspecified atom stereocenters. The quantitative estimate of drug-likeness (QED) is 0.620. The van der Waals surface area contributed by atoms with Crippen molar-refractivity contribution in [3.8, 4) is 5.75 Å². The summed E-state index contributed by atoms with van der Waals surface area (Å²) in [7, 11) is 1.52. The standard InChI is InChI=1S/C18H20Cl2O5/c1-3-25-17(22)16-11(7-15(19)20)9-18(23,10-14(16)21)12-5-4-6-13(8-12)24-2/h4-8,11,16,23H,3,9-10H2,1-2H3. The molecule has 25 heavy (non-hydrogen) atoms. The number of benzene rings is 1. The van der Waals surface area contributed by atoms with Crippen LogP contribution in [0, 0.1) is 11.8 Å². The second kappa shape index (κ2) is 8.21. The van der Waals surface area contributed by atoms with Crippen LogP contribution in [0.4, 0.5) is 0 Å². The summed E-state index contributed by atoms with van der Waals surface area (Å²) in [6.45, 7) is 1.82. The lowest BCUT2D eigenvalue weighted by molar-refractivity contribution is -0.159. The lowest BCUT2D eigenvalue weighted by atomic mass is 9.68. The molecule has 0 radical (unpaired) electrons. The molecule has 0 aromatic heterocycles. The van der Waals surface area contributed by atoms with Crippen molar-refractivity contribution >= 4 is 35.0 Å². The molecule has 0 spiro atoms. The number of ketones is 1. The van der Waals surface area contributed by atoms with Crippen molar-refractivity contribution in [1.82, 2.24) is 0 Å². The molecule has 1 aromatic rings. The Morgan fingerprint density at radius 1 is 1.44 bits per heavy atom. The molecule has 1 fully saturated rings. The second-order valence-electron chi connectivity index (χ2n) is 5.96. The van der Waals surface area contributed by atoms with E-state index in [-0.39, 0.29) is 23.9 Å². The van der Waals surface area contributed by atoms with Crippen molar-refractivity contribution in [3.63, 3.8) is 0 Å². The molecule has 1 saturated carbocycles. The molecule has 3 atom stereocenters. The number of allylic oxidation sites excluding steroid dienone is 1. The molecule has 1 aliphatic rings. The minimum Gasteiger partial charge on any atom is -0.497 e. The zero-order valence-electron chi connectivity index (χ0n) is 14.0. The fourth-order valence-electron chi connectivity index (χ4n) is 3.20. The predicted molar refractivity (Wildman–Crippen MR) is 94.5 cm³/mol. The van der Waals surface area contributed by atoms with Gasteiger partial charge in [0, 0.05) is 12.3 Å². The Hall–Kier alpha value is -1.56. The number of rotatable bonds is 5. The molecule has 0 bridgehead atoms. The van der Waals surface area contributed by atoms with Gasteiger partial charge in [-0.1, -0.05) is 35.3 Å². The first-order chi connectivity index (χ1) is 11.8. The van der Waals surface area contributed by atoms with Gasteiger partial charge >= 0.3 is 5.97 Å². The number of ether oxygens (including phenoxy) is 2. The average molecular weight is 387 g/mol. The Labute approximate surface area is 156 Å². The van der Waals surface area contributed by atoms with E-state index in [0.717, 1.165) is 0 Å². The number of Topliss-reactive ketones (excluding diaryl/α,β-unsaturated/α-hetero) is 1. The van der Waals surface area contributed by atoms with Crippen LogP contribution in [-0.4, -0.2) is 30.6 Å². The third kappa shape index (κ3) is 4.54. The van der Waals surface area contributed by atoms with Gasteiger partial charge in [-0.05, 0) is 37.1 Å². The molecular formula is C18H20Cl2O5. The van der Waals surface area contributed by atoms with E-state index in [2.05, 4.69) is 0 Å². The summed E-state index contributed by atoms with van der Waals surface area (Å²) in [6.07, 6.45) is 1.32. The molecule has 0 saturated heterocycles. The number of halogens is 2. The van der Waals surface area contributed by atoms with E-state index >= 15 is 0 Å². The fraction of sp³-hybridized carbons (Fsp3) is 0.444. The van der Waals surface area contributed by atoms with Gasteiger partial charge in [-0.2, -0.15) is 0 Å². The summed E-state index contributed by atoms with van der Waals surface area (Å²) in [4.78, 5) is 24.8. The Morgan fingerprint density at radius 2 is 2.16 bits per heavy atom. The van der Waals surface area contributed by atoms with E-state index in [4.69, 9.17) is 32.7 Å². The maximum absolute atomic E-state index is 12.6. The molecule has 0 amide bonds. The fourth-order valence-corrected chi connectivity index (χ4v) is 3.53. The van der Waals surface area contributed by atoms with Crippen molar-refractivity contribution in [2.75, 3.05) is 13.7 Å². The number of esters is 1. The number of hydrogen-bond donors (Lipinski definition) is 1. The highest BCUT2D eigenvalue weighted by Crippen LogP contribution is 2.43. The van der Waals surface area contributed by atoms with E-state index in [1.165, 1.54) is 13.2 Å². The van der Waals surface area contributed by atoms with E-state index in [9.17, 15) is 14.7 Å². The highest BCUT2D eigenvalue weighted by atomic mass is 35.5. The third-order valence-corrected chi connectivity index (χ3v) is 4.55. The number of carbonyl (C=O) groups excluding carboxylic acids is 2. The van der Waals surface area contributed by atoms with Gasteiger partial charge in [-0.3, -0.25) is 9.59 Å². The monoisotopic (exact) mass is 386 g/mol. The number of carbonyl (C=O) groups is 2. The molecule has 5 nitrogen and oxygen atoms in total. The Morgan fingerprint density at radius 3 is 2.76 bits per heavy atom. The molecule has 1 aromatic carbocycles. The van der Waals surface area contributed by atoms with Crippen LogP contribution in [0.5, 0.6) is 5.75 Å². The molecule has 136 valence electrons. The lowest BCUT2D eigenvalue weighted by Crippen LogP contribution is -2.45. The Kier molecular flexibility index (Phi) is 6.49.